The highest BCUT2D eigenvalue weighted by Gasteiger charge is 2.07. The molecule has 4 nitrogen and oxygen atoms in total. The summed E-state index contributed by atoms with van der Waals surface area (Å²) in [4.78, 5) is 0. The summed E-state index contributed by atoms with van der Waals surface area (Å²) in [6, 6.07) is 7.53. The van der Waals surface area contributed by atoms with Crippen molar-refractivity contribution >= 4 is 0 Å². The molecule has 0 aromatic heterocycles. The Hall–Kier alpha value is -1.26. The fourth-order valence-corrected chi connectivity index (χ4v) is 1.36. The molecule has 0 saturated heterocycles. The van der Waals surface area contributed by atoms with E-state index in [-0.39, 0.29) is 6.10 Å². The summed E-state index contributed by atoms with van der Waals surface area (Å²) in [6.07, 6.45) is -0.0495. The third-order valence-electron chi connectivity index (χ3n) is 2.26. The molecule has 0 amide bonds. The Morgan fingerprint density at radius 3 is 2.00 bits per heavy atom. The van der Waals surface area contributed by atoms with E-state index in [0.29, 0.717) is 19.8 Å². The van der Waals surface area contributed by atoms with E-state index >= 15 is 0 Å². The molecule has 17 heavy (non-hydrogen) atoms. The van der Waals surface area contributed by atoms with Gasteiger partial charge in [-0.3, -0.25) is 0 Å². The van der Waals surface area contributed by atoms with E-state index in [1.165, 1.54) is 0 Å². The van der Waals surface area contributed by atoms with Gasteiger partial charge in [-0.25, -0.2) is 0 Å². The van der Waals surface area contributed by atoms with Gasteiger partial charge in [0.25, 0.3) is 0 Å². The molecule has 0 saturated carbocycles. The fraction of sp³-hybridized carbons (Fsp3) is 0.538. The molecular weight excluding hydrogens is 220 g/mol. The Bertz CT molecular complexity index is 297. The summed E-state index contributed by atoms with van der Waals surface area (Å²) in [7, 11) is 3.29. The Morgan fingerprint density at radius 1 is 0.941 bits per heavy atom. The Balaban J connectivity index is 2.40. The van der Waals surface area contributed by atoms with Crippen molar-refractivity contribution < 1.29 is 18.9 Å². The van der Waals surface area contributed by atoms with Crippen molar-refractivity contribution in [2.24, 2.45) is 0 Å². The molecule has 0 aliphatic carbocycles. The van der Waals surface area contributed by atoms with Crippen LogP contribution in [0.4, 0.5) is 0 Å². The van der Waals surface area contributed by atoms with Crippen LogP contribution in [0, 0.1) is 0 Å². The molecule has 1 aromatic rings. The van der Waals surface area contributed by atoms with E-state index in [4.69, 9.17) is 18.9 Å². The minimum Gasteiger partial charge on any atom is -0.494 e. The molecule has 96 valence electrons. The van der Waals surface area contributed by atoms with E-state index in [9.17, 15) is 0 Å². The van der Waals surface area contributed by atoms with Gasteiger partial charge in [0.2, 0.25) is 0 Å². The molecule has 4 heteroatoms. The maximum absolute atomic E-state index is 5.58. The molecule has 0 aliphatic heterocycles. The Morgan fingerprint density at radius 2 is 1.53 bits per heavy atom. The highest BCUT2D eigenvalue weighted by atomic mass is 16.5. The van der Waals surface area contributed by atoms with Crippen LogP contribution in [-0.4, -0.2) is 40.1 Å². The third-order valence-corrected chi connectivity index (χ3v) is 2.26. The maximum Gasteiger partial charge on any atom is 0.119 e. The van der Waals surface area contributed by atoms with Crippen LogP contribution in [0.25, 0.3) is 0 Å². The second kappa shape index (κ2) is 7.92. The molecular formula is C13H20O4. The number of ether oxygens (including phenoxy) is 4. The number of benzene rings is 1. The predicted octanol–water partition coefficient (Wildman–Crippen LogP) is 2.13. The van der Waals surface area contributed by atoms with Crippen LogP contribution >= 0.6 is 0 Å². The average molecular weight is 240 g/mol. The summed E-state index contributed by atoms with van der Waals surface area (Å²) in [6.45, 7) is 3.62. The van der Waals surface area contributed by atoms with E-state index in [1.54, 1.807) is 14.2 Å². The zero-order valence-electron chi connectivity index (χ0n) is 10.6. The molecule has 0 fully saturated rings. The third kappa shape index (κ3) is 5.06. The number of hydrogen-bond acceptors (Lipinski definition) is 4. The second-order valence-corrected chi connectivity index (χ2v) is 3.53. The van der Waals surface area contributed by atoms with Gasteiger partial charge < -0.3 is 18.9 Å². The largest absolute Gasteiger partial charge is 0.494 e. The summed E-state index contributed by atoms with van der Waals surface area (Å²) >= 11 is 0. The van der Waals surface area contributed by atoms with E-state index in [2.05, 4.69) is 0 Å². The van der Waals surface area contributed by atoms with Crippen LogP contribution in [0.3, 0.4) is 0 Å². The molecule has 0 N–H and O–H groups in total. The minimum atomic E-state index is -0.0495. The van der Waals surface area contributed by atoms with Crippen molar-refractivity contribution in [2.75, 3.05) is 34.0 Å². The first kappa shape index (κ1) is 13.8. The Kier molecular flexibility index (Phi) is 6.43. The van der Waals surface area contributed by atoms with Crippen LogP contribution < -0.4 is 9.47 Å². The van der Waals surface area contributed by atoms with Crippen LogP contribution in [0.1, 0.15) is 6.92 Å². The number of methoxy groups -OCH3 is 2. The van der Waals surface area contributed by atoms with Gasteiger partial charge in [-0.05, 0) is 31.2 Å². The van der Waals surface area contributed by atoms with Gasteiger partial charge in [-0.15, -0.1) is 0 Å². The van der Waals surface area contributed by atoms with E-state index in [0.717, 1.165) is 11.5 Å². The molecule has 0 aliphatic rings. The quantitative estimate of drug-likeness (QED) is 0.697. The van der Waals surface area contributed by atoms with E-state index < -0.39 is 0 Å². The monoisotopic (exact) mass is 240 g/mol. The predicted molar refractivity (Wildman–Crippen MR) is 65.8 cm³/mol. The SMILES string of the molecule is CCOc1ccc(OCC(COC)OC)cc1. The zero-order chi connectivity index (χ0) is 12.5. The topological polar surface area (TPSA) is 36.9 Å². The van der Waals surface area contributed by atoms with Gasteiger partial charge in [0.1, 0.15) is 24.2 Å². The van der Waals surface area contributed by atoms with Crippen molar-refractivity contribution in [1.29, 1.82) is 0 Å². The standard InChI is InChI=1S/C13H20O4/c1-4-16-11-5-7-12(8-6-11)17-10-13(15-3)9-14-2/h5-8,13H,4,9-10H2,1-3H3. The molecule has 1 aromatic carbocycles. The summed E-state index contributed by atoms with van der Waals surface area (Å²) < 4.78 is 21.1. The summed E-state index contributed by atoms with van der Waals surface area (Å²) in [5, 5.41) is 0. The van der Waals surface area contributed by atoms with Crippen molar-refractivity contribution in [2.45, 2.75) is 13.0 Å². The van der Waals surface area contributed by atoms with Crippen LogP contribution in [0.5, 0.6) is 11.5 Å². The van der Waals surface area contributed by atoms with Crippen LogP contribution in [0.2, 0.25) is 0 Å². The summed E-state index contributed by atoms with van der Waals surface area (Å²) in [5.41, 5.74) is 0. The van der Waals surface area contributed by atoms with Crippen molar-refractivity contribution in [3.8, 4) is 11.5 Å². The first-order valence-electron chi connectivity index (χ1n) is 5.67. The van der Waals surface area contributed by atoms with Gasteiger partial charge in [0, 0.05) is 14.2 Å². The molecule has 0 spiro atoms. The van der Waals surface area contributed by atoms with Crippen molar-refractivity contribution in [3.63, 3.8) is 0 Å². The van der Waals surface area contributed by atoms with Gasteiger partial charge in [-0.2, -0.15) is 0 Å². The van der Waals surface area contributed by atoms with Crippen LogP contribution in [-0.2, 0) is 9.47 Å². The second-order valence-electron chi connectivity index (χ2n) is 3.53. The number of hydrogen-bond donors (Lipinski definition) is 0. The van der Waals surface area contributed by atoms with Gasteiger partial charge >= 0.3 is 0 Å². The lowest BCUT2D eigenvalue weighted by Crippen LogP contribution is -2.25. The van der Waals surface area contributed by atoms with Gasteiger partial charge in [-0.1, -0.05) is 0 Å². The lowest BCUT2D eigenvalue weighted by atomic mass is 10.3. The first-order chi connectivity index (χ1) is 8.30. The smallest absolute Gasteiger partial charge is 0.119 e. The van der Waals surface area contributed by atoms with Crippen LogP contribution in [0.15, 0.2) is 24.3 Å². The van der Waals surface area contributed by atoms with E-state index in [1.807, 2.05) is 31.2 Å². The van der Waals surface area contributed by atoms with Crippen molar-refractivity contribution in [3.05, 3.63) is 24.3 Å². The lowest BCUT2D eigenvalue weighted by Gasteiger charge is -2.15. The summed E-state index contributed by atoms with van der Waals surface area (Å²) in [5.74, 6) is 1.65. The zero-order valence-corrected chi connectivity index (χ0v) is 10.6. The molecule has 0 bridgehead atoms. The first-order valence-corrected chi connectivity index (χ1v) is 5.67. The number of rotatable bonds is 8. The molecule has 0 heterocycles. The maximum atomic E-state index is 5.58. The van der Waals surface area contributed by atoms with Gasteiger partial charge in [0.15, 0.2) is 0 Å². The molecule has 1 unspecified atom stereocenters. The van der Waals surface area contributed by atoms with Gasteiger partial charge in [0.05, 0.1) is 13.2 Å². The molecule has 0 radical (unpaired) electrons. The minimum absolute atomic E-state index is 0.0495. The highest BCUT2D eigenvalue weighted by Crippen LogP contribution is 2.17. The lowest BCUT2D eigenvalue weighted by molar-refractivity contribution is 0.000867. The Labute approximate surface area is 102 Å². The highest BCUT2D eigenvalue weighted by molar-refractivity contribution is 5.31. The molecule has 1 rings (SSSR count). The normalized spacial score (nSPS) is 12.2. The molecule has 1 atom stereocenters. The average Bonchev–Trinajstić information content (AvgIpc) is 2.36. The fourth-order valence-electron chi connectivity index (χ4n) is 1.36. The van der Waals surface area contributed by atoms with Crippen molar-refractivity contribution in [1.82, 2.24) is 0 Å².